The van der Waals surface area contributed by atoms with E-state index in [1.54, 1.807) is 6.20 Å². The van der Waals surface area contributed by atoms with Crippen LogP contribution in [0.1, 0.15) is 9.88 Å². The van der Waals surface area contributed by atoms with Crippen molar-refractivity contribution in [3.05, 3.63) is 33.8 Å². The molecule has 0 spiro atoms. The molecule has 0 radical (unpaired) electrons. The molecule has 0 saturated heterocycles. The minimum absolute atomic E-state index is 0.00417. The van der Waals surface area contributed by atoms with Crippen molar-refractivity contribution in [2.24, 2.45) is 0 Å². The number of hydrogen-bond donors (Lipinski definition) is 1. The first-order chi connectivity index (χ1) is 8.47. The van der Waals surface area contributed by atoms with E-state index in [4.69, 9.17) is 11.6 Å². The van der Waals surface area contributed by atoms with Gasteiger partial charge < -0.3 is 0 Å². The van der Waals surface area contributed by atoms with Crippen molar-refractivity contribution in [2.75, 3.05) is 0 Å². The summed E-state index contributed by atoms with van der Waals surface area (Å²) < 4.78 is 26.2. The van der Waals surface area contributed by atoms with Gasteiger partial charge in [-0.2, -0.15) is 0 Å². The molecular weight excluding hydrogens is 296 g/mol. The molecule has 1 N–H and O–H groups in total. The standard InChI is InChI=1S/C9H9ClN4O2S2/c1-6-2-11-8(17-6)5-14-18(15,16)7-3-12-9(10)13-4-7/h2-4,14H,5H2,1H3. The summed E-state index contributed by atoms with van der Waals surface area (Å²) in [6.45, 7) is 2.05. The molecule has 96 valence electrons. The zero-order valence-corrected chi connectivity index (χ0v) is 11.7. The monoisotopic (exact) mass is 304 g/mol. The van der Waals surface area contributed by atoms with Gasteiger partial charge in [0.25, 0.3) is 0 Å². The van der Waals surface area contributed by atoms with Crippen LogP contribution in [0.15, 0.2) is 23.5 Å². The van der Waals surface area contributed by atoms with Crippen LogP contribution in [0, 0.1) is 6.92 Å². The Hall–Kier alpha value is -1.09. The minimum Gasteiger partial charge on any atom is -0.248 e. The molecule has 9 heteroatoms. The molecular formula is C9H9ClN4O2S2. The van der Waals surface area contributed by atoms with Crippen LogP contribution in [0.2, 0.25) is 5.28 Å². The molecule has 2 heterocycles. The molecule has 0 aliphatic rings. The maximum Gasteiger partial charge on any atom is 0.244 e. The summed E-state index contributed by atoms with van der Waals surface area (Å²) in [7, 11) is -3.63. The normalized spacial score (nSPS) is 11.7. The van der Waals surface area contributed by atoms with Gasteiger partial charge in [0, 0.05) is 11.1 Å². The number of nitrogens with one attached hydrogen (secondary N) is 1. The molecule has 0 fully saturated rings. The number of halogens is 1. The van der Waals surface area contributed by atoms with Gasteiger partial charge in [-0.05, 0) is 18.5 Å². The van der Waals surface area contributed by atoms with Crippen LogP contribution in [0.3, 0.4) is 0 Å². The van der Waals surface area contributed by atoms with E-state index in [0.29, 0.717) is 5.01 Å². The number of thiazole rings is 1. The minimum atomic E-state index is -3.63. The number of aromatic nitrogens is 3. The fourth-order valence-electron chi connectivity index (χ4n) is 1.16. The van der Waals surface area contributed by atoms with E-state index >= 15 is 0 Å². The van der Waals surface area contributed by atoms with Crippen LogP contribution >= 0.6 is 22.9 Å². The van der Waals surface area contributed by atoms with Gasteiger partial charge in [-0.3, -0.25) is 0 Å². The first-order valence-corrected chi connectivity index (χ1v) is 7.53. The van der Waals surface area contributed by atoms with Crippen molar-refractivity contribution in [1.29, 1.82) is 0 Å². The highest BCUT2D eigenvalue weighted by Crippen LogP contribution is 2.13. The number of hydrogen-bond acceptors (Lipinski definition) is 6. The smallest absolute Gasteiger partial charge is 0.244 e. The lowest BCUT2D eigenvalue weighted by atomic mass is 10.6. The van der Waals surface area contributed by atoms with Gasteiger partial charge >= 0.3 is 0 Å². The predicted octanol–water partition coefficient (Wildman–Crippen LogP) is 1.37. The summed E-state index contributed by atoms with van der Waals surface area (Å²) in [5, 5.41) is 0.704. The lowest BCUT2D eigenvalue weighted by Gasteiger charge is -2.03. The second-order valence-corrected chi connectivity index (χ2v) is 6.80. The van der Waals surface area contributed by atoms with Crippen molar-refractivity contribution < 1.29 is 8.42 Å². The van der Waals surface area contributed by atoms with Crippen LogP contribution in [-0.2, 0) is 16.6 Å². The zero-order valence-electron chi connectivity index (χ0n) is 9.29. The van der Waals surface area contributed by atoms with Crippen molar-refractivity contribution in [3.8, 4) is 0 Å². The molecule has 2 rings (SSSR count). The Bertz CT molecular complexity index is 639. The molecule has 6 nitrogen and oxygen atoms in total. The number of rotatable bonds is 4. The van der Waals surface area contributed by atoms with Crippen LogP contribution in [0.4, 0.5) is 0 Å². The Morgan fingerprint density at radius 2 is 1.94 bits per heavy atom. The average Bonchev–Trinajstić information content (AvgIpc) is 2.73. The van der Waals surface area contributed by atoms with Crippen LogP contribution in [0.25, 0.3) is 0 Å². The van der Waals surface area contributed by atoms with Gasteiger partial charge in [-0.25, -0.2) is 28.1 Å². The highest BCUT2D eigenvalue weighted by Gasteiger charge is 2.15. The maximum absolute atomic E-state index is 11.9. The predicted molar refractivity (Wildman–Crippen MR) is 67.9 cm³/mol. The lowest BCUT2D eigenvalue weighted by Crippen LogP contribution is -2.23. The fraction of sp³-hybridized carbons (Fsp3) is 0.222. The summed E-state index contributed by atoms with van der Waals surface area (Å²) in [5.74, 6) is 0. The van der Waals surface area contributed by atoms with Crippen molar-refractivity contribution >= 4 is 33.0 Å². The fourth-order valence-corrected chi connectivity index (χ4v) is 2.95. The van der Waals surface area contributed by atoms with Crippen molar-refractivity contribution in [2.45, 2.75) is 18.4 Å². The molecule has 0 aromatic carbocycles. The molecule has 0 saturated carbocycles. The van der Waals surface area contributed by atoms with E-state index < -0.39 is 10.0 Å². The summed E-state index contributed by atoms with van der Waals surface area (Å²) in [5.41, 5.74) is 0. The summed E-state index contributed by atoms with van der Waals surface area (Å²) in [6, 6.07) is 0. The Kier molecular flexibility index (Phi) is 3.91. The molecule has 0 bridgehead atoms. The second-order valence-electron chi connectivity index (χ2n) is 3.38. The van der Waals surface area contributed by atoms with Gasteiger partial charge in [-0.15, -0.1) is 11.3 Å². The van der Waals surface area contributed by atoms with Crippen molar-refractivity contribution in [1.82, 2.24) is 19.7 Å². The first-order valence-electron chi connectivity index (χ1n) is 4.86. The van der Waals surface area contributed by atoms with E-state index in [1.807, 2.05) is 6.92 Å². The second kappa shape index (κ2) is 5.27. The maximum atomic E-state index is 11.9. The molecule has 0 amide bonds. The summed E-state index contributed by atoms with van der Waals surface area (Å²) in [6.07, 6.45) is 4.01. The van der Waals surface area contributed by atoms with Crippen molar-refractivity contribution in [3.63, 3.8) is 0 Å². The van der Waals surface area contributed by atoms with E-state index in [9.17, 15) is 8.42 Å². The Morgan fingerprint density at radius 1 is 1.28 bits per heavy atom. The largest absolute Gasteiger partial charge is 0.248 e. The average molecular weight is 305 g/mol. The molecule has 18 heavy (non-hydrogen) atoms. The van der Waals surface area contributed by atoms with Gasteiger partial charge in [0.15, 0.2) is 0 Å². The molecule has 2 aromatic rings. The molecule has 0 atom stereocenters. The molecule has 0 aliphatic carbocycles. The van der Waals surface area contributed by atoms with Gasteiger partial charge in [-0.1, -0.05) is 0 Å². The van der Waals surface area contributed by atoms with Gasteiger partial charge in [0.1, 0.15) is 9.90 Å². The summed E-state index contributed by atoms with van der Waals surface area (Å²) >= 11 is 6.93. The third-order valence-electron chi connectivity index (χ3n) is 1.99. The third kappa shape index (κ3) is 3.22. The number of aryl methyl sites for hydroxylation is 1. The Labute approximate surface area is 113 Å². The van der Waals surface area contributed by atoms with E-state index in [1.165, 1.54) is 11.3 Å². The quantitative estimate of drug-likeness (QED) is 0.862. The highest BCUT2D eigenvalue weighted by molar-refractivity contribution is 7.89. The van der Waals surface area contributed by atoms with E-state index in [-0.39, 0.29) is 16.7 Å². The molecule has 0 unspecified atom stereocenters. The summed E-state index contributed by atoms with van der Waals surface area (Å²) in [4.78, 5) is 12.3. The SMILES string of the molecule is Cc1cnc(CNS(=O)(=O)c2cnc(Cl)nc2)s1. The van der Waals surface area contributed by atoms with Crippen LogP contribution in [-0.4, -0.2) is 23.4 Å². The zero-order chi connectivity index (χ0) is 13.2. The van der Waals surface area contributed by atoms with E-state index in [0.717, 1.165) is 17.3 Å². The molecule has 2 aromatic heterocycles. The Morgan fingerprint density at radius 3 is 2.50 bits per heavy atom. The van der Waals surface area contributed by atoms with Gasteiger partial charge in [0.2, 0.25) is 15.3 Å². The van der Waals surface area contributed by atoms with E-state index in [2.05, 4.69) is 19.7 Å². The number of sulfonamides is 1. The lowest BCUT2D eigenvalue weighted by molar-refractivity contribution is 0.580. The van der Waals surface area contributed by atoms with Gasteiger partial charge in [0.05, 0.1) is 18.9 Å². The third-order valence-corrected chi connectivity index (χ3v) is 4.45. The number of nitrogens with zero attached hydrogens (tertiary/aromatic N) is 3. The topological polar surface area (TPSA) is 84.8 Å². The molecule has 0 aliphatic heterocycles. The van der Waals surface area contributed by atoms with Crippen LogP contribution in [0.5, 0.6) is 0 Å². The Balaban J connectivity index is 2.10. The first kappa shape index (κ1) is 13.3. The van der Waals surface area contributed by atoms with Crippen LogP contribution < -0.4 is 4.72 Å². The highest BCUT2D eigenvalue weighted by atomic mass is 35.5.